The number of hydrogen-bond donors (Lipinski definition) is 3. The molecule has 1 rings (SSSR count). The smallest absolute Gasteiger partial charge is 0.314 e. The molecule has 0 spiro atoms. The third-order valence-corrected chi connectivity index (χ3v) is 3.94. The standard InChI is InChI=1S/C14H26N2O3/c1-10(2)8-15-13(19)16-9-14(12(17)18)6-4-11(3)5-7-14/h10-11H,4-9H2,1-3H3,(H,17,18)(H2,15,16,19). The van der Waals surface area contributed by atoms with E-state index in [1.54, 1.807) is 0 Å². The summed E-state index contributed by atoms with van der Waals surface area (Å²) in [4.78, 5) is 23.1. The Kier molecular flexibility index (Phi) is 5.63. The number of urea groups is 1. The first-order chi connectivity index (χ1) is 8.85. The molecule has 0 aliphatic heterocycles. The van der Waals surface area contributed by atoms with Gasteiger partial charge in [-0.2, -0.15) is 0 Å². The second-order valence-electron chi connectivity index (χ2n) is 6.23. The van der Waals surface area contributed by atoms with E-state index in [1.807, 2.05) is 13.8 Å². The summed E-state index contributed by atoms with van der Waals surface area (Å²) in [5.74, 6) is 0.181. The highest BCUT2D eigenvalue weighted by Crippen LogP contribution is 2.38. The minimum atomic E-state index is -0.788. The van der Waals surface area contributed by atoms with Crippen molar-refractivity contribution in [1.82, 2.24) is 10.6 Å². The lowest BCUT2D eigenvalue weighted by Gasteiger charge is -2.35. The SMILES string of the molecule is CC(C)CNC(=O)NCC1(C(=O)O)CCC(C)CC1. The Balaban J connectivity index is 2.46. The van der Waals surface area contributed by atoms with Gasteiger partial charge in [-0.1, -0.05) is 20.8 Å². The topological polar surface area (TPSA) is 78.4 Å². The van der Waals surface area contributed by atoms with Gasteiger partial charge in [-0.15, -0.1) is 0 Å². The predicted octanol–water partition coefficient (Wildman–Crippen LogP) is 2.22. The van der Waals surface area contributed by atoms with Crippen molar-refractivity contribution in [3.05, 3.63) is 0 Å². The number of carboxylic acid groups (broad SMARTS) is 1. The van der Waals surface area contributed by atoms with Crippen LogP contribution >= 0.6 is 0 Å². The van der Waals surface area contributed by atoms with E-state index in [4.69, 9.17) is 0 Å². The summed E-state index contributed by atoms with van der Waals surface area (Å²) in [5, 5.41) is 14.9. The van der Waals surface area contributed by atoms with Crippen molar-refractivity contribution < 1.29 is 14.7 Å². The quantitative estimate of drug-likeness (QED) is 0.716. The number of carbonyl (C=O) groups is 2. The molecule has 5 nitrogen and oxygen atoms in total. The molecule has 3 N–H and O–H groups in total. The first-order valence-corrected chi connectivity index (χ1v) is 7.11. The highest BCUT2D eigenvalue weighted by atomic mass is 16.4. The summed E-state index contributed by atoms with van der Waals surface area (Å²) < 4.78 is 0. The average Bonchev–Trinajstić information content (AvgIpc) is 2.35. The highest BCUT2D eigenvalue weighted by Gasteiger charge is 2.41. The maximum atomic E-state index is 11.6. The summed E-state index contributed by atoms with van der Waals surface area (Å²) in [7, 11) is 0. The van der Waals surface area contributed by atoms with Gasteiger partial charge >= 0.3 is 12.0 Å². The second-order valence-corrected chi connectivity index (χ2v) is 6.23. The highest BCUT2D eigenvalue weighted by molar-refractivity contribution is 5.78. The molecule has 1 saturated carbocycles. The Morgan fingerprint density at radius 2 is 1.84 bits per heavy atom. The number of nitrogens with one attached hydrogen (secondary N) is 2. The zero-order valence-electron chi connectivity index (χ0n) is 12.2. The molecule has 1 aliphatic rings. The minimum Gasteiger partial charge on any atom is -0.481 e. The van der Waals surface area contributed by atoms with Gasteiger partial charge in [0.15, 0.2) is 0 Å². The van der Waals surface area contributed by atoms with Crippen LogP contribution < -0.4 is 10.6 Å². The van der Waals surface area contributed by atoms with Gasteiger partial charge < -0.3 is 15.7 Å². The van der Waals surface area contributed by atoms with Gasteiger partial charge in [0, 0.05) is 13.1 Å². The van der Waals surface area contributed by atoms with Crippen LogP contribution in [0.1, 0.15) is 46.5 Å². The Bertz CT molecular complexity index is 321. The third-order valence-electron chi connectivity index (χ3n) is 3.94. The molecule has 0 atom stereocenters. The molecule has 110 valence electrons. The van der Waals surface area contributed by atoms with E-state index in [0.29, 0.717) is 31.2 Å². The number of carbonyl (C=O) groups excluding carboxylic acids is 1. The van der Waals surface area contributed by atoms with Crippen molar-refractivity contribution in [3.8, 4) is 0 Å². The maximum absolute atomic E-state index is 11.6. The fourth-order valence-electron chi connectivity index (χ4n) is 2.39. The van der Waals surface area contributed by atoms with Crippen LogP contribution in [0.4, 0.5) is 4.79 Å². The summed E-state index contributed by atoms with van der Waals surface area (Å²) in [6, 6.07) is -0.270. The molecule has 19 heavy (non-hydrogen) atoms. The summed E-state index contributed by atoms with van der Waals surface area (Å²) >= 11 is 0. The third kappa shape index (κ3) is 4.73. The van der Waals surface area contributed by atoms with Gasteiger partial charge in [0.2, 0.25) is 0 Å². The average molecular weight is 270 g/mol. The van der Waals surface area contributed by atoms with Crippen LogP contribution in [0.25, 0.3) is 0 Å². The van der Waals surface area contributed by atoms with Crippen molar-refractivity contribution in [3.63, 3.8) is 0 Å². The van der Waals surface area contributed by atoms with Gasteiger partial charge in [-0.25, -0.2) is 4.79 Å². The number of aliphatic carboxylic acids is 1. The first-order valence-electron chi connectivity index (χ1n) is 7.11. The van der Waals surface area contributed by atoms with Crippen LogP contribution in [0.2, 0.25) is 0 Å². The lowest BCUT2D eigenvalue weighted by atomic mass is 9.71. The number of rotatable bonds is 5. The van der Waals surface area contributed by atoms with Crippen LogP contribution in [-0.4, -0.2) is 30.2 Å². The van der Waals surface area contributed by atoms with Gasteiger partial charge in [0.05, 0.1) is 5.41 Å². The largest absolute Gasteiger partial charge is 0.481 e. The van der Waals surface area contributed by atoms with E-state index >= 15 is 0 Å². The molecule has 1 fully saturated rings. The first kappa shape index (κ1) is 15.8. The lowest BCUT2D eigenvalue weighted by Crippen LogP contribution is -2.48. The van der Waals surface area contributed by atoms with E-state index < -0.39 is 11.4 Å². The molecule has 0 aromatic rings. The Hall–Kier alpha value is -1.26. The van der Waals surface area contributed by atoms with Crippen LogP contribution in [0.15, 0.2) is 0 Å². The summed E-state index contributed by atoms with van der Waals surface area (Å²) in [6.07, 6.45) is 3.13. The van der Waals surface area contributed by atoms with Crippen LogP contribution in [-0.2, 0) is 4.79 Å². The van der Waals surface area contributed by atoms with Gasteiger partial charge in [-0.05, 0) is 37.5 Å². The number of hydrogen-bond acceptors (Lipinski definition) is 2. The van der Waals surface area contributed by atoms with E-state index in [2.05, 4.69) is 17.6 Å². The molecular formula is C14H26N2O3. The number of carboxylic acids is 1. The fourth-order valence-corrected chi connectivity index (χ4v) is 2.39. The fraction of sp³-hybridized carbons (Fsp3) is 0.857. The van der Waals surface area contributed by atoms with Gasteiger partial charge in [0.25, 0.3) is 0 Å². The molecule has 5 heteroatoms. The second kappa shape index (κ2) is 6.78. The van der Waals surface area contributed by atoms with Crippen LogP contribution in [0.5, 0.6) is 0 Å². The molecule has 0 saturated heterocycles. The lowest BCUT2D eigenvalue weighted by molar-refractivity contribution is -0.151. The van der Waals surface area contributed by atoms with E-state index in [0.717, 1.165) is 12.8 Å². The van der Waals surface area contributed by atoms with E-state index in [1.165, 1.54) is 0 Å². The molecule has 0 bridgehead atoms. The van der Waals surface area contributed by atoms with Crippen molar-refractivity contribution in [2.45, 2.75) is 46.5 Å². The Labute approximate surface area is 115 Å². The molecule has 0 heterocycles. The summed E-state index contributed by atoms with van der Waals surface area (Å²) in [5.41, 5.74) is -0.776. The molecular weight excluding hydrogens is 244 g/mol. The van der Waals surface area contributed by atoms with Crippen molar-refractivity contribution in [2.24, 2.45) is 17.3 Å². The molecule has 0 radical (unpaired) electrons. The molecule has 0 aromatic carbocycles. The molecule has 1 aliphatic carbocycles. The normalized spacial score (nSPS) is 27.1. The van der Waals surface area contributed by atoms with Gasteiger partial charge in [-0.3, -0.25) is 4.79 Å². The van der Waals surface area contributed by atoms with Crippen molar-refractivity contribution in [2.75, 3.05) is 13.1 Å². The van der Waals surface area contributed by atoms with Crippen molar-refractivity contribution >= 4 is 12.0 Å². The zero-order chi connectivity index (χ0) is 14.5. The monoisotopic (exact) mass is 270 g/mol. The van der Waals surface area contributed by atoms with E-state index in [-0.39, 0.29) is 12.6 Å². The Morgan fingerprint density at radius 3 is 2.32 bits per heavy atom. The van der Waals surface area contributed by atoms with E-state index in [9.17, 15) is 14.7 Å². The zero-order valence-corrected chi connectivity index (χ0v) is 12.2. The van der Waals surface area contributed by atoms with Crippen molar-refractivity contribution in [1.29, 1.82) is 0 Å². The minimum absolute atomic E-state index is 0.221. The maximum Gasteiger partial charge on any atom is 0.314 e. The summed E-state index contributed by atoms with van der Waals surface area (Å²) in [6.45, 7) is 7.00. The number of amides is 2. The van der Waals surface area contributed by atoms with Crippen LogP contribution in [0, 0.1) is 17.3 Å². The Morgan fingerprint density at radius 1 is 1.26 bits per heavy atom. The predicted molar refractivity (Wildman–Crippen MR) is 73.9 cm³/mol. The van der Waals surface area contributed by atoms with Gasteiger partial charge in [0.1, 0.15) is 0 Å². The molecule has 0 unspecified atom stereocenters. The molecule has 0 aromatic heterocycles. The molecule has 2 amide bonds. The van der Waals surface area contributed by atoms with Crippen LogP contribution in [0.3, 0.4) is 0 Å².